The van der Waals surface area contributed by atoms with Gasteiger partial charge in [0, 0.05) is 6.54 Å². The van der Waals surface area contributed by atoms with E-state index in [4.69, 9.17) is 4.74 Å². The van der Waals surface area contributed by atoms with Gasteiger partial charge in [0.1, 0.15) is 11.8 Å². The van der Waals surface area contributed by atoms with Crippen molar-refractivity contribution in [3.05, 3.63) is 29.8 Å². The number of piperidine rings is 1. The molecule has 0 aromatic heterocycles. The molecule has 110 valence electrons. The number of ether oxygens (including phenoxy) is 1. The monoisotopic (exact) mass is 277 g/mol. The predicted octanol–water partition coefficient (Wildman–Crippen LogP) is 2.91. The Morgan fingerprint density at radius 2 is 2.30 bits per heavy atom. The number of aliphatic carboxylic acids is 1. The highest BCUT2D eigenvalue weighted by atomic mass is 16.5. The summed E-state index contributed by atoms with van der Waals surface area (Å²) in [6.07, 6.45) is 3.82. The molecule has 1 atom stereocenters. The van der Waals surface area contributed by atoms with Crippen LogP contribution in [0.4, 0.5) is 0 Å². The van der Waals surface area contributed by atoms with Crippen LogP contribution in [0, 0.1) is 0 Å². The van der Waals surface area contributed by atoms with Crippen molar-refractivity contribution in [2.45, 2.75) is 45.2 Å². The smallest absolute Gasteiger partial charge is 0.320 e. The molecular weight excluding hydrogens is 254 g/mol. The Balaban J connectivity index is 2.02. The van der Waals surface area contributed by atoms with Gasteiger partial charge >= 0.3 is 5.97 Å². The van der Waals surface area contributed by atoms with Crippen molar-refractivity contribution in [2.24, 2.45) is 0 Å². The van der Waals surface area contributed by atoms with E-state index in [1.165, 1.54) is 0 Å². The summed E-state index contributed by atoms with van der Waals surface area (Å²) in [7, 11) is 0. The maximum Gasteiger partial charge on any atom is 0.320 e. The van der Waals surface area contributed by atoms with Gasteiger partial charge in [-0.2, -0.15) is 0 Å². The zero-order valence-corrected chi connectivity index (χ0v) is 12.0. The highest BCUT2D eigenvalue weighted by Gasteiger charge is 2.28. The quantitative estimate of drug-likeness (QED) is 0.868. The third kappa shape index (κ3) is 3.97. The van der Waals surface area contributed by atoms with Crippen LogP contribution in [0.3, 0.4) is 0 Å². The molecule has 1 N–H and O–H groups in total. The molecule has 4 heteroatoms. The van der Waals surface area contributed by atoms with Gasteiger partial charge in [0.25, 0.3) is 0 Å². The number of carbonyl (C=O) groups is 1. The molecule has 1 aromatic rings. The lowest BCUT2D eigenvalue weighted by Crippen LogP contribution is -2.43. The van der Waals surface area contributed by atoms with E-state index in [1.54, 1.807) is 0 Å². The molecule has 1 heterocycles. The first-order valence-corrected chi connectivity index (χ1v) is 7.39. The highest BCUT2D eigenvalue weighted by molar-refractivity contribution is 5.73. The van der Waals surface area contributed by atoms with Gasteiger partial charge in [-0.15, -0.1) is 0 Å². The van der Waals surface area contributed by atoms with Crippen LogP contribution in [0.15, 0.2) is 24.3 Å². The molecule has 1 aliphatic heterocycles. The molecule has 1 saturated heterocycles. The number of hydrogen-bond donors (Lipinski definition) is 1. The number of hydrogen-bond acceptors (Lipinski definition) is 3. The number of rotatable bonds is 6. The first-order valence-electron chi connectivity index (χ1n) is 7.39. The third-order valence-corrected chi connectivity index (χ3v) is 3.66. The van der Waals surface area contributed by atoms with E-state index < -0.39 is 5.97 Å². The summed E-state index contributed by atoms with van der Waals surface area (Å²) in [6.45, 7) is 4.33. The molecule has 1 aromatic carbocycles. The van der Waals surface area contributed by atoms with Gasteiger partial charge in [-0.05, 0) is 43.5 Å². The van der Waals surface area contributed by atoms with E-state index in [2.05, 4.69) is 11.8 Å². The van der Waals surface area contributed by atoms with Crippen molar-refractivity contribution in [2.75, 3.05) is 13.2 Å². The van der Waals surface area contributed by atoms with E-state index in [1.807, 2.05) is 24.3 Å². The fraction of sp³-hybridized carbons (Fsp3) is 0.562. The summed E-state index contributed by atoms with van der Waals surface area (Å²) in [5.41, 5.74) is 1.12. The Morgan fingerprint density at radius 3 is 3.05 bits per heavy atom. The molecule has 0 bridgehead atoms. The molecule has 0 saturated carbocycles. The zero-order valence-electron chi connectivity index (χ0n) is 12.0. The predicted molar refractivity (Wildman–Crippen MR) is 77.9 cm³/mol. The molecule has 4 nitrogen and oxygen atoms in total. The molecule has 1 unspecified atom stereocenters. The molecule has 0 aliphatic carbocycles. The maximum absolute atomic E-state index is 11.3. The SMILES string of the molecule is CCCOc1cccc(CN2CCCCC2C(=O)O)c1. The first-order chi connectivity index (χ1) is 9.70. The lowest BCUT2D eigenvalue weighted by Gasteiger charge is -2.32. The minimum atomic E-state index is -0.705. The topological polar surface area (TPSA) is 49.8 Å². The summed E-state index contributed by atoms with van der Waals surface area (Å²) >= 11 is 0. The Morgan fingerprint density at radius 1 is 1.45 bits per heavy atom. The van der Waals surface area contributed by atoms with Crippen molar-refractivity contribution in [1.82, 2.24) is 4.90 Å². The van der Waals surface area contributed by atoms with Crippen LogP contribution in [0.2, 0.25) is 0 Å². The van der Waals surface area contributed by atoms with Gasteiger partial charge < -0.3 is 9.84 Å². The average molecular weight is 277 g/mol. The van der Waals surface area contributed by atoms with Gasteiger partial charge in [0.2, 0.25) is 0 Å². The van der Waals surface area contributed by atoms with Gasteiger partial charge in [-0.1, -0.05) is 25.5 Å². The lowest BCUT2D eigenvalue weighted by atomic mass is 10.0. The van der Waals surface area contributed by atoms with Crippen molar-refractivity contribution < 1.29 is 14.6 Å². The standard InChI is InChI=1S/C16H23NO3/c1-2-10-20-14-7-5-6-13(11-14)12-17-9-4-3-8-15(17)16(18)19/h5-7,11,15H,2-4,8-10,12H2,1H3,(H,18,19). The van der Waals surface area contributed by atoms with Gasteiger partial charge in [0.15, 0.2) is 0 Å². The number of carboxylic acid groups (broad SMARTS) is 1. The molecule has 0 radical (unpaired) electrons. The Hall–Kier alpha value is -1.55. The van der Waals surface area contributed by atoms with E-state index in [0.717, 1.165) is 43.5 Å². The number of nitrogens with zero attached hydrogens (tertiary/aromatic N) is 1. The van der Waals surface area contributed by atoms with Crippen molar-refractivity contribution in [3.63, 3.8) is 0 Å². The van der Waals surface area contributed by atoms with Crippen LogP contribution in [0.5, 0.6) is 5.75 Å². The Bertz CT molecular complexity index is 447. The van der Waals surface area contributed by atoms with Crippen molar-refractivity contribution in [3.8, 4) is 5.75 Å². The first kappa shape index (κ1) is 14.9. The Kier molecular flexibility index (Phi) is 5.41. The van der Waals surface area contributed by atoms with Gasteiger partial charge in [0.05, 0.1) is 6.61 Å². The molecule has 20 heavy (non-hydrogen) atoms. The fourth-order valence-corrected chi connectivity index (χ4v) is 2.65. The maximum atomic E-state index is 11.3. The lowest BCUT2D eigenvalue weighted by molar-refractivity contribution is -0.144. The molecule has 2 rings (SSSR count). The summed E-state index contributed by atoms with van der Waals surface area (Å²) in [6, 6.07) is 7.63. The van der Waals surface area contributed by atoms with Crippen LogP contribution in [0.1, 0.15) is 38.2 Å². The molecule has 1 aliphatic rings. The second kappa shape index (κ2) is 7.29. The summed E-state index contributed by atoms with van der Waals surface area (Å²) in [5.74, 6) is 0.163. The van der Waals surface area contributed by atoms with Crippen LogP contribution >= 0.6 is 0 Å². The number of likely N-dealkylation sites (tertiary alicyclic amines) is 1. The van der Waals surface area contributed by atoms with Crippen LogP contribution in [-0.2, 0) is 11.3 Å². The van der Waals surface area contributed by atoms with E-state index in [-0.39, 0.29) is 6.04 Å². The molecule has 1 fully saturated rings. The number of benzene rings is 1. The largest absolute Gasteiger partial charge is 0.494 e. The third-order valence-electron chi connectivity index (χ3n) is 3.66. The van der Waals surface area contributed by atoms with Gasteiger partial charge in [-0.3, -0.25) is 9.69 Å². The van der Waals surface area contributed by atoms with E-state index in [0.29, 0.717) is 13.2 Å². The van der Waals surface area contributed by atoms with Crippen LogP contribution < -0.4 is 4.74 Å². The minimum absolute atomic E-state index is 0.344. The second-order valence-electron chi connectivity index (χ2n) is 5.32. The van der Waals surface area contributed by atoms with Crippen molar-refractivity contribution >= 4 is 5.97 Å². The van der Waals surface area contributed by atoms with E-state index in [9.17, 15) is 9.90 Å². The molecular formula is C16H23NO3. The number of carboxylic acids is 1. The highest BCUT2D eigenvalue weighted by Crippen LogP contribution is 2.21. The summed E-state index contributed by atoms with van der Waals surface area (Å²) < 4.78 is 5.62. The normalized spacial score (nSPS) is 19.8. The summed E-state index contributed by atoms with van der Waals surface area (Å²) in [4.78, 5) is 13.4. The van der Waals surface area contributed by atoms with E-state index >= 15 is 0 Å². The second-order valence-corrected chi connectivity index (χ2v) is 5.32. The van der Waals surface area contributed by atoms with Gasteiger partial charge in [-0.25, -0.2) is 0 Å². The van der Waals surface area contributed by atoms with Crippen molar-refractivity contribution in [1.29, 1.82) is 0 Å². The summed E-state index contributed by atoms with van der Waals surface area (Å²) in [5, 5.41) is 9.29. The fourth-order valence-electron chi connectivity index (χ4n) is 2.65. The minimum Gasteiger partial charge on any atom is -0.494 e. The average Bonchev–Trinajstić information content (AvgIpc) is 2.46. The zero-order chi connectivity index (χ0) is 14.4. The Labute approximate surface area is 120 Å². The molecule has 0 amide bonds. The van der Waals surface area contributed by atoms with Crippen LogP contribution in [0.25, 0.3) is 0 Å². The molecule has 0 spiro atoms. The van der Waals surface area contributed by atoms with Crippen LogP contribution in [-0.4, -0.2) is 35.2 Å².